The molecule has 4 rings (SSSR count). The number of hydrogen-bond donors (Lipinski definition) is 2. The molecule has 0 aliphatic carbocycles. The lowest BCUT2D eigenvalue weighted by Crippen LogP contribution is -2.03. The monoisotopic (exact) mass is 498 g/mol. The molecular formula is C27H18N2O8. The smallest absolute Gasteiger partial charge is 0.311 e. The summed E-state index contributed by atoms with van der Waals surface area (Å²) < 4.78 is 0. The van der Waals surface area contributed by atoms with Crippen molar-refractivity contribution in [1.29, 1.82) is 0 Å². The fourth-order valence-electron chi connectivity index (χ4n) is 3.74. The number of nitro groups is 2. The van der Waals surface area contributed by atoms with Crippen molar-refractivity contribution in [2.45, 2.75) is 6.42 Å². The number of nitro benzene ring substituents is 2. The Morgan fingerprint density at radius 3 is 1.22 bits per heavy atom. The molecule has 0 saturated heterocycles. The van der Waals surface area contributed by atoms with Gasteiger partial charge in [-0.1, -0.05) is 48.5 Å². The Morgan fingerprint density at radius 2 is 0.892 bits per heavy atom. The summed E-state index contributed by atoms with van der Waals surface area (Å²) in [6.07, 6.45) is 0.498. The molecule has 0 aliphatic rings. The Bertz CT molecular complexity index is 1430. The summed E-state index contributed by atoms with van der Waals surface area (Å²) in [4.78, 5) is 45.9. The number of phenolic OH excluding ortho intramolecular Hbond substituents is 2. The standard InChI is InChI=1S/C27H18N2O8/c30-24-11-9-20(14-22(24)28(34)35)26(32)18-5-1-16(2-6-18)13-17-3-7-19(8-4-17)27(33)21-10-12-25(31)23(15-21)29(36)37/h1-12,14-15,30-31H,13H2. The first kappa shape index (κ1) is 24.7. The zero-order valence-electron chi connectivity index (χ0n) is 19.0. The highest BCUT2D eigenvalue weighted by Gasteiger charge is 2.19. The van der Waals surface area contributed by atoms with E-state index in [2.05, 4.69) is 0 Å². The first-order valence-corrected chi connectivity index (χ1v) is 10.9. The van der Waals surface area contributed by atoms with Gasteiger partial charge in [0, 0.05) is 34.4 Å². The molecular weight excluding hydrogens is 480 g/mol. The molecule has 10 nitrogen and oxygen atoms in total. The highest BCUT2D eigenvalue weighted by Crippen LogP contribution is 2.28. The van der Waals surface area contributed by atoms with Gasteiger partial charge >= 0.3 is 11.4 Å². The van der Waals surface area contributed by atoms with Crippen LogP contribution in [0.5, 0.6) is 11.5 Å². The van der Waals surface area contributed by atoms with Gasteiger partial charge in [0.2, 0.25) is 0 Å². The molecule has 0 atom stereocenters. The van der Waals surface area contributed by atoms with Gasteiger partial charge in [-0.25, -0.2) is 0 Å². The van der Waals surface area contributed by atoms with E-state index in [1.807, 2.05) is 0 Å². The topological polar surface area (TPSA) is 161 Å². The fourth-order valence-corrected chi connectivity index (χ4v) is 3.74. The molecule has 10 heteroatoms. The number of ketones is 2. The van der Waals surface area contributed by atoms with E-state index in [0.717, 1.165) is 35.4 Å². The molecule has 0 amide bonds. The van der Waals surface area contributed by atoms with E-state index in [-0.39, 0.29) is 11.1 Å². The van der Waals surface area contributed by atoms with Gasteiger partial charge in [0.15, 0.2) is 23.1 Å². The van der Waals surface area contributed by atoms with E-state index in [1.54, 1.807) is 48.5 Å². The molecule has 0 unspecified atom stereocenters. The van der Waals surface area contributed by atoms with Crippen LogP contribution < -0.4 is 0 Å². The van der Waals surface area contributed by atoms with Gasteiger partial charge in [0.25, 0.3) is 0 Å². The molecule has 4 aromatic rings. The Hall–Kier alpha value is -5.38. The molecule has 0 bridgehead atoms. The molecule has 2 N–H and O–H groups in total. The van der Waals surface area contributed by atoms with Crippen LogP contribution in [0.1, 0.15) is 43.0 Å². The van der Waals surface area contributed by atoms with Crippen molar-refractivity contribution < 1.29 is 29.6 Å². The third-order valence-electron chi connectivity index (χ3n) is 5.71. The number of benzene rings is 4. The third kappa shape index (κ3) is 5.33. The minimum atomic E-state index is -0.761. The van der Waals surface area contributed by atoms with Crippen molar-refractivity contribution in [3.05, 3.63) is 139 Å². The molecule has 0 heterocycles. The summed E-state index contributed by atoms with van der Waals surface area (Å²) >= 11 is 0. The molecule has 0 aliphatic heterocycles. The maximum atomic E-state index is 12.7. The molecule has 184 valence electrons. The van der Waals surface area contributed by atoms with Crippen LogP contribution in [-0.2, 0) is 6.42 Å². The van der Waals surface area contributed by atoms with Crippen LogP contribution in [0.4, 0.5) is 11.4 Å². The second-order valence-corrected chi connectivity index (χ2v) is 8.15. The second-order valence-electron chi connectivity index (χ2n) is 8.15. The predicted octanol–water partition coefficient (Wildman–Crippen LogP) is 4.97. The third-order valence-corrected chi connectivity index (χ3v) is 5.71. The van der Waals surface area contributed by atoms with Crippen molar-refractivity contribution in [2.75, 3.05) is 0 Å². The van der Waals surface area contributed by atoms with Gasteiger partial charge in [-0.3, -0.25) is 29.8 Å². The first-order chi connectivity index (χ1) is 17.6. The second kappa shape index (κ2) is 10.1. The SMILES string of the molecule is O=C(c1ccc(Cc2ccc(C(=O)c3ccc(O)c([N+](=O)[O-])c3)cc2)cc1)c1ccc(O)c([N+](=O)[O-])c1. The summed E-state index contributed by atoms with van der Waals surface area (Å²) in [7, 11) is 0. The summed E-state index contributed by atoms with van der Waals surface area (Å²) in [5, 5.41) is 41.2. The lowest BCUT2D eigenvalue weighted by molar-refractivity contribution is -0.386. The fraction of sp³-hybridized carbons (Fsp3) is 0.0370. The molecule has 0 radical (unpaired) electrons. The van der Waals surface area contributed by atoms with Crippen molar-refractivity contribution in [3.63, 3.8) is 0 Å². The molecule has 37 heavy (non-hydrogen) atoms. The largest absolute Gasteiger partial charge is 0.502 e. The average molecular weight is 498 g/mol. The van der Waals surface area contributed by atoms with Gasteiger partial charge in [-0.15, -0.1) is 0 Å². The Labute approximate surface area is 209 Å². The number of hydrogen-bond acceptors (Lipinski definition) is 8. The maximum Gasteiger partial charge on any atom is 0.311 e. The highest BCUT2D eigenvalue weighted by atomic mass is 16.6. The number of carbonyl (C=O) groups excluding carboxylic acids is 2. The summed E-state index contributed by atoms with van der Waals surface area (Å²) in [5.41, 5.74) is 1.47. The lowest BCUT2D eigenvalue weighted by atomic mass is 9.97. The van der Waals surface area contributed by atoms with E-state index in [4.69, 9.17) is 0 Å². The van der Waals surface area contributed by atoms with Gasteiger partial charge in [0.05, 0.1) is 9.85 Å². The highest BCUT2D eigenvalue weighted by molar-refractivity contribution is 6.10. The summed E-state index contributed by atoms with van der Waals surface area (Å²) in [6, 6.07) is 20.3. The Kier molecular flexibility index (Phi) is 6.74. The number of nitrogens with zero attached hydrogens (tertiary/aromatic N) is 2. The Balaban J connectivity index is 1.46. The van der Waals surface area contributed by atoms with Crippen LogP contribution in [0.2, 0.25) is 0 Å². The molecule has 0 fully saturated rings. The van der Waals surface area contributed by atoms with Crippen LogP contribution in [-0.4, -0.2) is 31.6 Å². The van der Waals surface area contributed by atoms with Crippen molar-refractivity contribution in [2.24, 2.45) is 0 Å². The van der Waals surface area contributed by atoms with Gasteiger partial charge < -0.3 is 10.2 Å². The van der Waals surface area contributed by atoms with E-state index in [9.17, 15) is 40.0 Å². The van der Waals surface area contributed by atoms with Crippen LogP contribution in [0, 0.1) is 20.2 Å². The molecule has 0 saturated carbocycles. The zero-order chi connectivity index (χ0) is 26.7. The van der Waals surface area contributed by atoms with Crippen molar-refractivity contribution in [1.82, 2.24) is 0 Å². The molecule has 0 spiro atoms. The maximum absolute atomic E-state index is 12.7. The van der Waals surface area contributed by atoms with Gasteiger partial charge in [-0.2, -0.15) is 0 Å². The lowest BCUT2D eigenvalue weighted by Gasteiger charge is -2.07. The van der Waals surface area contributed by atoms with E-state index in [0.29, 0.717) is 17.5 Å². The summed E-state index contributed by atoms with van der Waals surface area (Å²) in [5.74, 6) is -1.89. The Morgan fingerprint density at radius 1 is 0.568 bits per heavy atom. The minimum Gasteiger partial charge on any atom is -0.502 e. The molecule has 4 aromatic carbocycles. The quantitative estimate of drug-likeness (QED) is 0.196. The van der Waals surface area contributed by atoms with Gasteiger partial charge in [-0.05, 0) is 41.8 Å². The van der Waals surface area contributed by atoms with E-state index >= 15 is 0 Å². The van der Waals surface area contributed by atoms with Gasteiger partial charge in [0.1, 0.15) is 0 Å². The zero-order valence-corrected chi connectivity index (χ0v) is 19.0. The minimum absolute atomic E-state index is 0.0801. The average Bonchev–Trinajstić information content (AvgIpc) is 2.89. The van der Waals surface area contributed by atoms with Crippen LogP contribution in [0.25, 0.3) is 0 Å². The predicted molar refractivity (Wildman–Crippen MR) is 132 cm³/mol. The number of carbonyl (C=O) groups is 2. The number of rotatable bonds is 8. The van der Waals surface area contributed by atoms with Crippen molar-refractivity contribution in [3.8, 4) is 11.5 Å². The summed E-state index contributed by atoms with van der Waals surface area (Å²) in [6.45, 7) is 0. The first-order valence-electron chi connectivity index (χ1n) is 10.9. The van der Waals surface area contributed by atoms with Crippen LogP contribution in [0.15, 0.2) is 84.9 Å². The van der Waals surface area contributed by atoms with Crippen LogP contribution in [0.3, 0.4) is 0 Å². The van der Waals surface area contributed by atoms with E-state index < -0.39 is 44.3 Å². The number of aromatic hydroxyl groups is 2. The van der Waals surface area contributed by atoms with Crippen molar-refractivity contribution >= 4 is 22.9 Å². The van der Waals surface area contributed by atoms with E-state index in [1.165, 1.54) is 12.1 Å². The molecule has 0 aromatic heterocycles. The normalized spacial score (nSPS) is 10.6. The van der Waals surface area contributed by atoms with Crippen LogP contribution >= 0.6 is 0 Å². The number of phenols is 2.